The summed E-state index contributed by atoms with van der Waals surface area (Å²) in [6, 6.07) is 12.7. The maximum atomic E-state index is 11.3. The van der Waals surface area contributed by atoms with Gasteiger partial charge in [0.15, 0.2) is 11.0 Å². The molecule has 0 aliphatic heterocycles. The van der Waals surface area contributed by atoms with Crippen molar-refractivity contribution in [3.63, 3.8) is 0 Å². The summed E-state index contributed by atoms with van der Waals surface area (Å²) in [6.45, 7) is 0.409. The zero-order valence-electron chi connectivity index (χ0n) is 15.8. The van der Waals surface area contributed by atoms with Gasteiger partial charge in [0.2, 0.25) is 5.91 Å². The second-order valence-corrected chi connectivity index (χ2v) is 7.54. The molecule has 0 atom stereocenters. The van der Waals surface area contributed by atoms with Crippen molar-refractivity contribution in [1.29, 1.82) is 0 Å². The highest BCUT2D eigenvalue weighted by Gasteiger charge is 2.19. The predicted molar refractivity (Wildman–Crippen MR) is 112 cm³/mol. The largest absolute Gasteiger partial charge is 0.497 e. The normalized spacial score (nSPS) is 10.9. The van der Waals surface area contributed by atoms with Gasteiger partial charge in [0.25, 0.3) is 0 Å². The molecule has 0 saturated heterocycles. The first-order chi connectivity index (χ1) is 14.5. The van der Waals surface area contributed by atoms with Gasteiger partial charge in [-0.05, 0) is 42.1 Å². The van der Waals surface area contributed by atoms with Crippen LogP contribution in [0.25, 0.3) is 11.4 Å². The van der Waals surface area contributed by atoms with Crippen LogP contribution >= 0.6 is 23.4 Å². The molecule has 0 bridgehead atoms. The predicted octanol–water partition coefficient (Wildman–Crippen LogP) is 3.89. The first kappa shape index (κ1) is 20.0. The lowest BCUT2D eigenvalue weighted by Gasteiger charge is -2.10. The summed E-state index contributed by atoms with van der Waals surface area (Å²) in [5, 5.41) is 10.0. The van der Waals surface area contributed by atoms with E-state index >= 15 is 0 Å². The van der Waals surface area contributed by atoms with E-state index in [1.807, 2.05) is 41.0 Å². The third-order valence-electron chi connectivity index (χ3n) is 4.22. The Morgan fingerprint density at radius 3 is 2.83 bits per heavy atom. The van der Waals surface area contributed by atoms with Crippen molar-refractivity contribution in [2.45, 2.75) is 16.7 Å². The molecule has 10 heteroatoms. The molecular weight excluding hydrogens is 426 g/mol. The molecule has 1 aromatic carbocycles. The number of ether oxygens (including phenoxy) is 1. The molecule has 30 heavy (non-hydrogen) atoms. The minimum Gasteiger partial charge on any atom is -0.497 e. The topological polar surface area (TPSA) is 109 Å². The van der Waals surface area contributed by atoms with E-state index in [2.05, 4.69) is 15.2 Å². The molecule has 3 heterocycles. The third kappa shape index (κ3) is 4.17. The number of methoxy groups -OCH3 is 1. The van der Waals surface area contributed by atoms with Crippen LogP contribution in [0.3, 0.4) is 0 Å². The van der Waals surface area contributed by atoms with Gasteiger partial charge in [-0.1, -0.05) is 23.7 Å². The Bertz CT molecular complexity index is 1190. The van der Waals surface area contributed by atoms with Crippen molar-refractivity contribution in [2.75, 3.05) is 7.11 Å². The number of amides is 1. The molecule has 4 aromatic rings. The van der Waals surface area contributed by atoms with E-state index in [1.54, 1.807) is 13.4 Å². The molecule has 0 aliphatic carbocycles. The number of carbonyl (C=O) groups is 1. The molecule has 1 amide bonds. The van der Waals surface area contributed by atoms with Gasteiger partial charge in [-0.15, -0.1) is 10.2 Å². The van der Waals surface area contributed by atoms with Crippen molar-refractivity contribution in [3.05, 3.63) is 71.3 Å². The number of carbonyl (C=O) groups excluding carboxylic acids is 1. The van der Waals surface area contributed by atoms with Gasteiger partial charge < -0.3 is 14.9 Å². The second-order valence-electron chi connectivity index (χ2n) is 6.18. The highest BCUT2D eigenvalue weighted by atomic mass is 35.5. The fourth-order valence-electron chi connectivity index (χ4n) is 2.76. The molecule has 0 spiro atoms. The average Bonchev–Trinajstić information content (AvgIpc) is 3.40. The third-order valence-corrected chi connectivity index (χ3v) is 5.62. The van der Waals surface area contributed by atoms with Crippen molar-refractivity contribution < 1.29 is 13.9 Å². The van der Waals surface area contributed by atoms with E-state index in [4.69, 9.17) is 26.5 Å². The summed E-state index contributed by atoms with van der Waals surface area (Å²) < 4.78 is 12.7. The molecule has 4 rings (SSSR count). The van der Waals surface area contributed by atoms with Gasteiger partial charge >= 0.3 is 0 Å². The van der Waals surface area contributed by atoms with Crippen LogP contribution in [-0.2, 0) is 6.54 Å². The van der Waals surface area contributed by atoms with E-state index in [1.165, 1.54) is 24.0 Å². The minimum atomic E-state index is -0.595. The van der Waals surface area contributed by atoms with Crippen LogP contribution in [-0.4, -0.2) is 32.8 Å². The van der Waals surface area contributed by atoms with Gasteiger partial charge in [-0.2, -0.15) is 0 Å². The van der Waals surface area contributed by atoms with E-state index < -0.39 is 5.91 Å². The lowest BCUT2D eigenvalue weighted by atomic mass is 10.2. The zero-order valence-corrected chi connectivity index (χ0v) is 17.4. The second kappa shape index (κ2) is 8.60. The molecular formula is C20H16ClN5O3S. The van der Waals surface area contributed by atoms with Crippen molar-refractivity contribution in [1.82, 2.24) is 19.7 Å². The van der Waals surface area contributed by atoms with E-state index in [0.717, 1.165) is 11.3 Å². The Morgan fingerprint density at radius 2 is 2.13 bits per heavy atom. The maximum Gasteiger partial charge on any atom is 0.250 e. The molecule has 0 fully saturated rings. The standard InChI is InChI=1S/C20H16ClN5O3S/c1-28-14-5-2-4-12(8-14)18-24-25-20(26(18)11-15-6-3-7-29-15)30-19-16(21)9-13(10-23-19)17(22)27/h2-10H,11H2,1H3,(H2,22,27). The van der Waals surface area contributed by atoms with Crippen LogP contribution in [0.1, 0.15) is 16.1 Å². The van der Waals surface area contributed by atoms with Crippen molar-refractivity contribution in [2.24, 2.45) is 5.73 Å². The highest BCUT2D eigenvalue weighted by Crippen LogP contribution is 2.34. The number of hydrogen-bond acceptors (Lipinski definition) is 7. The van der Waals surface area contributed by atoms with Crippen molar-refractivity contribution in [3.8, 4) is 17.1 Å². The number of nitrogens with zero attached hydrogens (tertiary/aromatic N) is 4. The molecule has 0 unspecified atom stereocenters. The van der Waals surface area contributed by atoms with Crippen LogP contribution in [0.15, 0.2) is 69.5 Å². The smallest absolute Gasteiger partial charge is 0.250 e. The molecule has 0 radical (unpaired) electrons. The summed E-state index contributed by atoms with van der Waals surface area (Å²) in [7, 11) is 1.61. The quantitative estimate of drug-likeness (QED) is 0.463. The van der Waals surface area contributed by atoms with Gasteiger partial charge in [-0.25, -0.2) is 4.98 Å². The van der Waals surface area contributed by atoms with Crippen LogP contribution in [0.4, 0.5) is 0 Å². The van der Waals surface area contributed by atoms with Crippen LogP contribution < -0.4 is 10.5 Å². The number of hydrogen-bond donors (Lipinski definition) is 1. The molecule has 152 valence electrons. The SMILES string of the molecule is COc1cccc(-c2nnc(Sc3ncc(C(N)=O)cc3Cl)n2Cc2ccco2)c1. The Morgan fingerprint density at radius 1 is 1.27 bits per heavy atom. The molecule has 2 N–H and O–H groups in total. The van der Waals surface area contributed by atoms with E-state index in [0.29, 0.717) is 33.3 Å². The summed E-state index contributed by atoms with van der Waals surface area (Å²) >= 11 is 7.53. The number of aromatic nitrogens is 4. The summed E-state index contributed by atoms with van der Waals surface area (Å²) in [4.78, 5) is 15.6. The number of primary amides is 1. The molecule has 0 aliphatic rings. The van der Waals surface area contributed by atoms with Gasteiger partial charge in [0.05, 0.1) is 30.5 Å². The number of rotatable bonds is 7. The molecule has 0 saturated carbocycles. The Kier molecular flexibility index (Phi) is 5.73. The average molecular weight is 442 g/mol. The van der Waals surface area contributed by atoms with Crippen LogP contribution in [0, 0.1) is 0 Å². The zero-order chi connectivity index (χ0) is 21.1. The maximum absolute atomic E-state index is 11.3. The summed E-state index contributed by atoms with van der Waals surface area (Å²) in [6.07, 6.45) is 2.99. The molecule has 3 aromatic heterocycles. The van der Waals surface area contributed by atoms with Crippen molar-refractivity contribution >= 4 is 29.3 Å². The Hall–Kier alpha value is -3.30. The first-order valence-corrected chi connectivity index (χ1v) is 9.98. The fraction of sp³-hybridized carbons (Fsp3) is 0.100. The minimum absolute atomic E-state index is 0.235. The number of benzene rings is 1. The van der Waals surface area contributed by atoms with Crippen LogP contribution in [0.5, 0.6) is 5.75 Å². The van der Waals surface area contributed by atoms with Gasteiger partial charge in [-0.3, -0.25) is 9.36 Å². The number of pyridine rings is 1. The van der Waals surface area contributed by atoms with Gasteiger partial charge in [0.1, 0.15) is 16.5 Å². The Balaban J connectivity index is 1.74. The number of furan rings is 1. The van der Waals surface area contributed by atoms with Crippen LogP contribution in [0.2, 0.25) is 5.02 Å². The summed E-state index contributed by atoms with van der Waals surface area (Å²) in [5.41, 5.74) is 6.36. The van der Waals surface area contributed by atoms with E-state index in [-0.39, 0.29) is 5.56 Å². The van der Waals surface area contributed by atoms with E-state index in [9.17, 15) is 4.79 Å². The monoisotopic (exact) mass is 441 g/mol. The Labute approximate surface area is 181 Å². The fourth-order valence-corrected chi connectivity index (χ4v) is 3.82. The highest BCUT2D eigenvalue weighted by molar-refractivity contribution is 7.99. The lowest BCUT2D eigenvalue weighted by Crippen LogP contribution is -2.11. The first-order valence-electron chi connectivity index (χ1n) is 8.78. The van der Waals surface area contributed by atoms with Gasteiger partial charge in [0, 0.05) is 11.8 Å². The molecule has 8 nitrogen and oxygen atoms in total. The number of halogens is 1. The lowest BCUT2D eigenvalue weighted by molar-refractivity contribution is 0.1000. The number of nitrogens with two attached hydrogens (primary N) is 1. The summed E-state index contributed by atoms with van der Waals surface area (Å²) in [5.74, 6) is 1.49.